The normalized spacial score (nSPS) is 16.5. The van der Waals surface area contributed by atoms with Gasteiger partial charge >= 0.3 is 5.51 Å². The highest BCUT2D eigenvalue weighted by Gasteiger charge is 2.48. The van der Waals surface area contributed by atoms with E-state index in [4.69, 9.17) is 11.6 Å². The number of alkyl halides is 3. The van der Waals surface area contributed by atoms with E-state index < -0.39 is 58.9 Å². The number of aliphatic hydroxyl groups is 1. The van der Waals surface area contributed by atoms with Crippen LogP contribution in [0.4, 0.5) is 24.5 Å². The zero-order valence-corrected chi connectivity index (χ0v) is 37.9. The number of halogens is 4. The van der Waals surface area contributed by atoms with Crippen LogP contribution in [0.5, 0.6) is 0 Å². The quantitative estimate of drug-likeness (QED) is 0.0710. The van der Waals surface area contributed by atoms with E-state index in [1.807, 2.05) is 83.6 Å². The van der Waals surface area contributed by atoms with Crippen molar-refractivity contribution in [1.29, 1.82) is 0 Å². The number of hydrogen-bond donors (Lipinski definition) is 4. The van der Waals surface area contributed by atoms with Crippen LogP contribution in [0.2, 0.25) is 5.02 Å². The summed E-state index contributed by atoms with van der Waals surface area (Å²) in [6.45, 7) is 4.96. The number of benzene rings is 5. The van der Waals surface area contributed by atoms with E-state index in [0.29, 0.717) is 55.7 Å². The molecule has 0 unspecified atom stereocenters. The highest BCUT2D eigenvalue weighted by Crippen LogP contribution is 2.39. The zero-order chi connectivity index (χ0) is 45.5. The highest BCUT2D eigenvalue weighted by molar-refractivity contribution is 7.99. The number of sulfonamides is 1. The number of carbonyl (C=O) groups is 1. The van der Waals surface area contributed by atoms with Gasteiger partial charge in [-0.1, -0.05) is 66.2 Å². The van der Waals surface area contributed by atoms with Gasteiger partial charge in [-0.3, -0.25) is 4.79 Å². The third-order valence-corrected chi connectivity index (χ3v) is 15.8. The topological polar surface area (TPSA) is 148 Å². The van der Waals surface area contributed by atoms with Crippen molar-refractivity contribution in [2.75, 3.05) is 61.8 Å². The lowest BCUT2D eigenvalue weighted by atomic mass is 9.84. The van der Waals surface area contributed by atoms with E-state index in [2.05, 4.69) is 20.4 Å². The maximum absolute atomic E-state index is 14.2. The van der Waals surface area contributed by atoms with Gasteiger partial charge in [0.15, 0.2) is 0 Å². The molecule has 0 spiro atoms. The van der Waals surface area contributed by atoms with Gasteiger partial charge in [0.05, 0.1) is 16.7 Å². The van der Waals surface area contributed by atoms with Crippen LogP contribution < -0.4 is 20.3 Å². The molecule has 0 aliphatic carbocycles. The number of sulfone groups is 1. The second kappa shape index (κ2) is 20.7. The first kappa shape index (κ1) is 47.3. The Morgan fingerprint density at radius 3 is 2.17 bits per heavy atom. The van der Waals surface area contributed by atoms with Crippen molar-refractivity contribution in [3.05, 3.63) is 137 Å². The van der Waals surface area contributed by atoms with Gasteiger partial charge in [0.1, 0.15) is 4.90 Å². The Labute approximate surface area is 381 Å². The fraction of sp³-hybridized carbons (Fsp3) is 0.326. The molecule has 5 aromatic rings. The summed E-state index contributed by atoms with van der Waals surface area (Å²) in [4.78, 5) is 16.4. The summed E-state index contributed by atoms with van der Waals surface area (Å²) < 4.78 is 97.5. The molecule has 5 aromatic carbocycles. The number of anilines is 2. The molecule has 11 nitrogen and oxygen atoms in total. The molecule has 7 rings (SSSR count). The van der Waals surface area contributed by atoms with Gasteiger partial charge in [0.2, 0.25) is 0 Å². The van der Waals surface area contributed by atoms with Gasteiger partial charge in [0, 0.05) is 78.8 Å². The van der Waals surface area contributed by atoms with Crippen molar-refractivity contribution in [2.45, 2.75) is 51.6 Å². The number of thioether (sulfide) groups is 1. The Morgan fingerprint density at radius 1 is 0.844 bits per heavy atom. The SMILES string of the molecule is O=C(NS(=O)(=O)c1ccc(N[C@H](CCN2CCNCC2)CSc2ccccc2)c(S(=O)(=O)C(F)(F)F)c1)c1ccc(N2CCC([C@H](O)c3ccccc3-c3ccc(Cl)cc3)CC2)cc1. The summed E-state index contributed by atoms with van der Waals surface area (Å²) in [6.07, 6.45) is 1.12. The number of carbonyl (C=O) groups excluding carboxylic acids is 1. The number of amides is 1. The van der Waals surface area contributed by atoms with Crippen LogP contribution in [0.3, 0.4) is 0 Å². The van der Waals surface area contributed by atoms with Gasteiger partial charge in [-0.2, -0.15) is 13.2 Å². The molecule has 64 heavy (non-hydrogen) atoms. The Bertz CT molecular complexity index is 2590. The summed E-state index contributed by atoms with van der Waals surface area (Å²) in [6, 6.07) is 32.7. The van der Waals surface area contributed by atoms with E-state index >= 15 is 0 Å². The van der Waals surface area contributed by atoms with E-state index in [1.54, 1.807) is 12.1 Å². The van der Waals surface area contributed by atoms with E-state index in [-0.39, 0.29) is 11.5 Å². The predicted molar refractivity (Wildman–Crippen MR) is 246 cm³/mol. The lowest BCUT2D eigenvalue weighted by Gasteiger charge is -2.36. The number of aliphatic hydroxyl groups excluding tert-OH is 1. The largest absolute Gasteiger partial charge is 0.501 e. The first-order valence-corrected chi connectivity index (χ1v) is 25.2. The fourth-order valence-corrected chi connectivity index (χ4v) is 11.1. The van der Waals surface area contributed by atoms with Crippen LogP contribution in [-0.2, 0) is 19.9 Å². The van der Waals surface area contributed by atoms with Gasteiger partial charge in [-0.05, 0) is 109 Å². The molecule has 4 N–H and O–H groups in total. The summed E-state index contributed by atoms with van der Waals surface area (Å²) >= 11 is 7.55. The summed E-state index contributed by atoms with van der Waals surface area (Å²) in [7, 11) is -10.9. The molecule has 0 radical (unpaired) electrons. The maximum atomic E-state index is 14.2. The Morgan fingerprint density at radius 2 is 1.50 bits per heavy atom. The van der Waals surface area contributed by atoms with Gasteiger partial charge in [-0.15, -0.1) is 11.8 Å². The van der Waals surface area contributed by atoms with Crippen molar-refractivity contribution in [3.8, 4) is 11.1 Å². The minimum absolute atomic E-state index is 0.0149. The molecule has 2 aliphatic rings. The molecule has 0 aromatic heterocycles. The molecule has 2 atom stereocenters. The molecule has 1 amide bonds. The minimum atomic E-state index is -6.06. The Hall–Kier alpha value is -4.62. The fourth-order valence-electron chi connectivity index (χ4n) is 7.98. The third kappa shape index (κ3) is 11.6. The van der Waals surface area contributed by atoms with Gasteiger partial charge < -0.3 is 25.5 Å². The van der Waals surface area contributed by atoms with Crippen LogP contribution in [0.15, 0.2) is 136 Å². The number of rotatable bonds is 16. The van der Waals surface area contributed by atoms with Gasteiger partial charge in [0.25, 0.3) is 25.8 Å². The number of piperidine rings is 1. The molecule has 18 heteroatoms. The van der Waals surface area contributed by atoms with Crippen LogP contribution in [0, 0.1) is 5.92 Å². The van der Waals surface area contributed by atoms with E-state index in [9.17, 15) is 39.9 Å². The monoisotopic (exact) mass is 955 g/mol. The van der Waals surface area contributed by atoms with E-state index in [0.717, 1.165) is 65.6 Å². The lowest BCUT2D eigenvalue weighted by molar-refractivity contribution is -0.0435. The Kier molecular flexibility index (Phi) is 15.3. The molecule has 0 saturated carbocycles. The number of nitrogens with zero attached hydrogens (tertiary/aromatic N) is 2. The molecule has 340 valence electrons. The van der Waals surface area contributed by atoms with Crippen molar-refractivity contribution in [1.82, 2.24) is 14.9 Å². The first-order chi connectivity index (χ1) is 30.6. The third-order valence-electron chi connectivity index (χ3n) is 11.6. The Balaban J connectivity index is 1.02. The summed E-state index contributed by atoms with van der Waals surface area (Å²) in [5.74, 6) is -0.696. The molecule has 2 saturated heterocycles. The molecule has 0 bridgehead atoms. The highest BCUT2D eigenvalue weighted by atomic mass is 35.5. The van der Waals surface area contributed by atoms with E-state index in [1.165, 1.54) is 23.9 Å². The molecule has 2 aliphatic heterocycles. The molecule has 2 fully saturated rings. The maximum Gasteiger partial charge on any atom is 0.501 e. The standard InChI is InChI=1S/C46H49ClF3N5O6S3/c47-35-14-10-32(11-15-35)40-8-4-5-9-41(40)44(56)33-20-26-55(27-21-33)37-16-12-34(13-17-37)45(57)53-64(60,61)39-18-19-42(43(30-39)63(58,59)46(48,49)50)52-36(22-25-54-28-23-51-24-29-54)31-62-38-6-2-1-3-7-38/h1-19,30,33,36,44,51-52,56H,20-29,31H2,(H,53,57)/t36-,44+/m1/s1. The predicted octanol–water partition coefficient (Wildman–Crippen LogP) is 8.24. The van der Waals surface area contributed by atoms with Gasteiger partial charge in [-0.25, -0.2) is 21.6 Å². The average Bonchev–Trinajstić information content (AvgIpc) is 3.30. The zero-order valence-electron chi connectivity index (χ0n) is 34.7. The van der Waals surface area contributed by atoms with Crippen LogP contribution >= 0.6 is 23.4 Å². The number of piperazine rings is 1. The second-order valence-corrected chi connectivity index (χ2v) is 20.9. The van der Waals surface area contributed by atoms with Crippen molar-refractivity contribution in [2.24, 2.45) is 5.92 Å². The second-order valence-electron chi connectivity index (χ2n) is 15.8. The van der Waals surface area contributed by atoms with Crippen LogP contribution in [0.1, 0.15) is 41.3 Å². The summed E-state index contributed by atoms with van der Waals surface area (Å²) in [5.41, 5.74) is -2.70. The minimum Gasteiger partial charge on any atom is -0.388 e. The van der Waals surface area contributed by atoms with Crippen molar-refractivity contribution >= 4 is 60.5 Å². The van der Waals surface area contributed by atoms with Crippen LogP contribution in [0.25, 0.3) is 11.1 Å². The smallest absolute Gasteiger partial charge is 0.388 e. The molecular formula is C46H49ClF3N5O6S3. The van der Waals surface area contributed by atoms with Crippen molar-refractivity contribution < 1.29 is 39.9 Å². The van der Waals surface area contributed by atoms with Crippen molar-refractivity contribution in [3.63, 3.8) is 0 Å². The lowest BCUT2D eigenvalue weighted by Crippen LogP contribution is -2.44. The number of nitrogens with one attached hydrogen (secondary N) is 3. The van der Waals surface area contributed by atoms with Crippen LogP contribution in [-0.4, -0.2) is 95.9 Å². The first-order valence-electron chi connectivity index (χ1n) is 20.9. The average molecular weight is 957 g/mol. The number of hydrogen-bond acceptors (Lipinski definition) is 11. The molecular weight excluding hydrogens is 907 g/mol. The molecule has 2 heterocycles. The summed E-state index contributed by atoms with van der Waals surface area (Å²) in [5, 5.41) is 18.4.